The molecule has 0 aliphatic heterocycles. The minimum atomic E-state index is -0.373. The summed E-state index contributed by atoms with van der Waals surface area (Å²) < 4.78 is 0. The maximum Gasteiger partial charge on any atom is 0.186 e. The fourth-order valence-electron chi connectivity index (χ4n) is 0.339. The lowest BCUT2D eigenvalue weighted by atomic mass is 10.1. The van der Waals surface area contributed by atoms with Gasteiger partial charge in [0.05, 0.1) is 7.85 Å². The molecule has 0 saturated heterocycles. The van der Waals surface area contributed by atoms with E-state index in [0.717, 1.165) is 0 Å². The van der Waals surface area contributed by atoms with E-state index in [1.165, 1.54) is 6.92 Å². The molecule has 0 atom stereocenters. The lowest BCUT2D eigenvalue weighted by Crippen LogP contribution is -2.03. The van der Waals surface area contributed by atoms with Crippen molar-refractivity contribution in [3.63, 3.8) is 0 Å². The minimum Gasteiger partial charge on any atom is -0.292 e. The monoisotopic (exact) mass is 167 g/mol. The fraction of sp³-hybridized carbons (Fsp3) is 0.200. The lowest BCUT2D eigenvalue weighted by Gasteiger charge is -1.79. The summed E-state index contributed by atoms with van der Waals surface area (Å²) in [7, 11) is 5.08. The number of carbonyl (C=O) groups is 1. The topological polar surface area (TPSA) is 40.9 Å². The second kappa shape index (κ2) is 6.77. The van der Waals surface area contributed by atoms with Crippen LogP contribution in [0.1, 0.15) is 6.92 Å². The molecule has 0 rings (SSSR count). The summed E-state index contributed by atoms with van der Waals surface area (Å²) in [6.07, 6.45) is 0.255. The Hall–Kier alpha value is -1.92. The highest BCUT2D eigenvalue weighted by Gasteiger charge is 1.94. The van der Waals surface area contributed by atoms with Gasteiger partial charge in [0.2, 0.25) is 0 Å². The van der Waals surface area contributed by atoms with Crippen molar-refractivity contribution in [2.24, 2.45) is 0 Å². The molecule has 60 valence electrons. The van der Waals surface area contributed by atoms with E-state index < -0.39 is 0 Å². The van der Waals surface area contributed by atoms with Crippen LogP contribution in [-0.2, 0) is 4.79 Å². The van der Waals surface area contributed by atoms with Crippen LogP contribution in [0.3, 0.4) is 0 Å². The number of Topliss-reactive ketones (excluding diaryl/α,β-unsaturated/α-hetero) is 1. The molecular weight excluding hydrogens is 161 g/mol. The summed E-state index contributed by atoms with van der Waals surface area (Å²) in [6, 6.07) is 0. The minimum absolute atomic E-state index is 0.249. The maximum atomic E-state index is 10.5. The normalized spacial score (nSPS) is 6.23. The van der Waals surface area contributed by atoms with E-state index in [0.29, 0.717) is 0 Å². The quantitative estimate of drug-likeness (QED) is 0.338. The average molecular weight is 167 g/mol. The molecule has 2 radical (unpaired) electrons. The highest BCUT2D eigenvalue weighted by atomic mass is 16.1. The molecule has 0 aromatic heterocycles. The van der Waals surface area contributed by atoms with Gasteiger partial charge in [0, 0.05) is 6.92 Å². The number of rotatable bonds is 1. The van der Waals surface area contributed by atoms with Crippen LogP contribution in [0.25, 0.3) is 0 Å². The Labute approximate surface area is 79.0 Å². The van der Waals surface area contributed by atoms with Crippen molar-refractivity contribution in [1.29, 1.82) is 5.41 Å². The van der Waals surface area contributed by atoms with E-state index in [-0.39, 0.29) is 17.8 Å². The molecule has 0 spiro atoms. The molecule has 0 aliphatic rings. The maximum absolute atomic E-state index is 10.5. The van der Waals surface area contributed by atoms with Crippen LogP contribution in [0.5, 0.6) is 0 Å². The van der Waals surface area contributed by atoms with Gasteiger partial charge in [-0.05, 0) is 35.9 Å². The van der Waals surface area contributed by atoms with Gasteiger partial charge in [-0.2, -0.15) is 0 Å². The Morgan fingerprint density at radius 1 is 1.31 bits per heavy atom. The number of hydrogen-bond donors (Lipinski definition) is 1. The molecule has 3 heteroatoms. The first-order valence-electron chi connectivity index (χ1n) is 3.47. The van der Waals surface area contributed by atoms with Crippen molar-refractivity contribution in [2.75, 3.05) is 0 Å². The number of hydrogen-bond acceptors (Lipinski definition) is 2. The SMILES string of the molecule is [B]CC#CC#CC#CC(=N)C(C)=O. The summed E-state index contributed by atoms with van der Waals surface area (Å²) in [5.74, 6) is 14.0. The Morgan fingerprint density at radius 2 is 1.92 bits per heavy atom. The zero-order valence-corrected chi connectivity index (χ0v) is 7.19. The van der Waals surface area contributed by atoms with Gasteiger partial charge in [-0.1, -0.05) is 5.92 Å². The average Bonchev–Trinajstić information content (AvgIpc) is 2.10. The Balaban J connectivity index is 4.19. The first kappa shape index (κ1) is 11.1. The number of carbonyl (C=O) groups excluding carboxylic acids is 1. The largest absolute Gasteiger partial charge is 0.292 e. The smallest absolute Gasteiger partial charge is 0.186 e. The summed E-state index contributed by atoms with van der Waals surface area (Å²) >= 11 is 0. The van der Waals surface area contributed by atoms with Gasteiger partial charge in [0.25, 0.3) is 0 Å². The molecule has 13 heavy (non-hydrogen) atoms. The first-order chi connectivity index (χ1) is 6.18. The molecule has 0 aromatic rings. The van der Waals surface area contributed by atoms with Crippen LogP contribution in [0.15, 0.2) is 0 Å². The number of nitrogens with one attached hydrogen (secondary N) is 1. The van der Waals surface area contributed by atoms with Crippen LogP contribution in [-0.4, -0.2) is 19.3 Å². The molecule has 0 fully saturated rings. The van der Waals surface area contributed by atoms with Crippen LogP contribution < -0.4 is 0 Å². The highest BCUT2D eigenvalue weighted by Crippen LogP contribution is 1.71. The fourth-order valence-corrected chi connectivity index (χ4v) is 0.339. The van der Waals surface area contributed by atoms with E-state index in [1.54, 1.807) is 0 Å². The third-order valence-electron chi connectivity index (χ3n) is 0.918. The molecular formula is C10H6BNO. The molecule has 0 heterocycles. The van der Waals surface area contributed by atoms with Gasteiger partial charge >= 0.3 is 0 Å². The van der Waals surface area contributed by atoms with Crippen molar-refractivity contribution in [2.45, 2.75) is 13.2 Å². The van der Waals surface area contributed by atoms with Crippen LogP contribution in [0.4, 0.5) is 0 Å². The third-order valence-corrected chi connectivity index (χ3v) is 0.918. The van der Waals surface area contributed by atoms with Crippen molar-refractivity contribution < 1.29 is 4.79 Å². The summed E-state index contributed by atoms with van der Waals surface area (Å²) in [5.41, 5.74) is -0.249. The van der Waals surface area contributed by atoms with Crippen molar-refractivity contribution in [3.8, 4) is 35.5 Å². The summed E-state index contributed by atoms with van der Waals surface area (Å²) in [6.45, 7) is 1.28. The van der Waals surface area contributed by atoms with Gasteiger partial charge in [-0.3, -0.25) is 10.2 Å². The van der Waals surface area contributed by atoms with Crippen LogP contribution >= 0.6 is 0 Å². The van der Waals surface area contributed by atoms with Crippen molar-refractivity contribution in [1.82, 2.24) is 0 Å². The van der Waals surface area contributed by atoms with Gasteiger partial charge in [-0.15, -0.1) is 0 Å². The zero-order valence-electron chi connectivity index (χ0n) is 7.19. The van der Waals surface area contributed by atoms with Crippen LogP contribution in [0, 0.1) is 40.9 Å². The molecule has 0 saturated carbocycles. The Kier molecular flexibility index (Phi) is 5.78. The van der Waals surface area contributed by atoms with E-state index >= 15 is 0 Å². The lowest BCUT2D eigenvalue weighted by molar-refractivity contribution is -0.111. The van der Waals surface area contributed by atoms with E-state index in [4.69, 9.17) is 13.3 Å². The predicted molar refractivity (Wildman–Crippen MR) is 52.3 cm³/mol. The Bertz CT molecular complexity index is 390. The molecule has 2 nitrogen and oxygen atoms in total. The van der Waals surface area contributed by atoms with Gasteiger partial charge in [-0.25, -0.2) is 0 Å². The van der Waals surface area contributed by atoms with Gasteiger partial charge in [0.1, 0.15) is 5.71 Å². The highest BCUT2D eigenvalue weighted by molar-refractivity contribution is 6.44. The number of ketones is 1. The third kappa shape index (κ3) is 6.48. The van der Waals surface area contributed by atoms with E-state index in [2.05, 4.69) is 35.5 Å². The van der Waals surface area contributed by atoms with Crippen molar-refractivity contribution >= 4 is 19.3 Å². The molecule has 0 aliphatic carbocycles. The second-order valence-corrected chi connectivity index (χ2v) is 1.94. The standard InChI is InChI=1S/C10H6BNO/c1-9(13)10(12)7-5-3-2-4-6-8-11/h12H,8H2,1H3. The predicted octanol–water partition coefficient (Wildman–Crippen LogP) is 0.192. The zero-order chi connectivity index (χ0) is 10.1. The van der Waals surface area contributed by atoms with Gasteiger partial charge < -0.3 is 0 Å². The molecule has 1 N–H and O–H groups in total. The summed E-state index contributed by atoms with van der Waals surface area (Å²) in [5, 5.41) is 7.01. The molecule has 0 bridgehead atoms. The Morgan fingerprint density at radius 3 is 2.46 bits per heavy atom. The van der Waals surface area contributed by atoms with Crippen molar-refractivity contribution in [3.05, 3.63) is 0 Å². The van der Waals surface area contributed by atoms with Gasteiger partial charge in [0.15, 0.2) is 5.78 Å². The molecule has 0 amide bonds. The molecule has 0 aromatic carbocycles. The van der Waals surface area contributed by atoms with Crippen LogP contribution in [0.2, 0.25) is 6.32 Å². The van der Waals surface area contributed by atoms with E-state index in [9.17, 15) is 4.79 Å². The molecule has 0 unspecified atom stereocenters. The van der Waals surface area contributed by atoms with E-state index in [1.807, 2.05) is 0 Å². The summed E-state index contributed by atoms with van der Waals surface area (Å²) in [4.78, 5) is 10.5. The second-order valence-electron chi connectivity index (χ2n) is 1.94. The first-order valence-corrected chi connectivity index (χ1v) is 3.47.